The van der Waals surface area contributed by atoms with Gasteiger partial charge in [0, 0.05) is 5.39 Å². The molecule has 0 aromatic heterocycles. The van der Waals surface area contributed by atoms with Crippen LogP contribution in [0.4, 0.5) is 5.69 Å². The minimum absolute atomic E-state index is 0.355. The highest BCUT2D eigenvalue weighted by Crippen LogP contribution is 2.46. The fraction of sp³-hybridized carbons (Fsp3) is 0.267. The largest absolute Gasteiger partial charge is 0.330 e. The first-order valence-electron chi connectivity index (χ1n) is 6.60. The number of hydrazine groups is 1. The molecule has 0 radical (unpaired) electrons. The molecule has 0 spiro atoms. The third-order valence-electron chi connectivity index (χ3n) is 3.66. The number of nitrogens with two attached hydrogens (primary N) is 1. The summed E-state index contributed by atoms with van der Waals surface area (Å²) in [4.78, 5) is 0. The smallest absolute Gasteiger partial charge is 0.185 e. The van der Waals surface area contributed by atoms with Crippen molar-refractivity contribution >= 4 is 45.4 Å². The molecule has 0 saturated heterocycles. The van der Waals surface area contributed by atoms with Crippen molar-refractivity contribution in [2.24, 2.45) is 5.84 Å². The van der Waals surface area contributed by atoms with Crippen molar-refractivity contribution in [1.82, 2.24) is 5.43 Å². The van der Waals surface area contributed by atoms with E-state index in [1.165, 1.54) is 29.4 Å². The molecule has 5 heteroatoms. The quantitative estimate of drug-likeness (QED) is 0.448. The van der Waals surface area contributed by atoms with Crippen molar-refractivity contribution in [3.63, 3.8) is 0 Å². The SMILES string of the molecule is Cc1ccc2c(C3CC3)cc(Cl)c(NC(=S)NN)c2c1. The number of rotatable bonds is 2. The Morgan fingerprint density at radius 2 is 2.05 bits per heavy atom. The van der Waals surface area contributed by atoms with Gasteiger partial charge in [-0.3, -0.25) is 0 Å². The maximum Gasteiger partial charge on any atom is 0.185 e. The Bertz CT molecular complexity index is 695. The highest BCUT2D eigenvalue weighted by Gasteiger charge is 2.27. The van der Waals surface area contributed by atoms with E-state index in [0.717, 1.165) is 11.1 Å². The van der Waals surface area contributed by atoms with E-state index in [4.69, 9.17) is 29.7 Å². The molecule has 0 atom stereocenters. The minimum Gasteiger partial charge on any atom is -0.330 e. The first kappa shape index (κ1) is 13.6. The van der Waals surface area contributed by atoms with Gasteiger partial charge in [0.25, 0.3) is 0 Å². The van der Waals surface area contributed by atoms with Crippen LogP contribution in [0.3, 0.4) is 0 Å². The molecular formula is C15H16ClN3S. The van der Waals surface area contributed by atoms with E-state index in [1.807, 2.05) is 0 Å². The summed E-state index contributed by atoms with van der Waals surface area (Å²) in [7, 11) is 0. The van der Waals surface area contributed by atoms with Gasteiger partial charge in [0.15, 0.2) is 5.11 Å². The monoisotopic (exact) mass is 305 g/mol. The van der Waals surface area contributed by atoms with Crippen LogP contribution < -0.4 is 16.6 Å². The van der Waals surface area contributed by atoms with Crippen molar-refractivity contribution in [1.29, 1.82) is 0 Å². The van der Waals surface area contributed by atoms with Crippen LogP contribution in [0.25, 0.3) is 10.8 Å². The van der Waals surface area contributed by atoms with Crippen LogP contribution in [0.15, 0.2) is 24.3 Å². The molecule has 3 nitrogen and oxygen atoms in total. The second-order valence-corrected chi connectivity index (χ2v) is 6.06. The molecule has 3 rings (SSSR count). The van der Waals surface area contributed by atoms with E-state index in [2.05, 4.69) is 41.9 Å². The van der Waals surface area contributed by atoms with E-state index in [9.17, 15) is 0 Å². The lowest BCUT2D eigenvalue weighted by molar-refractivity contribution is 1.04. The average molecular weight is 306 g/mol. The number of nitrogens with one attached hydrogen (secondary N) is 2. The van der Waals surface area contributed by atoms with Gasteiger partial charge in [-0.25, -0.2) is 5.84 Å². The van der Waals surface area contributed by atoms with Gasteiger partial charge in [0.2, 0.25) is 0 Å². The highest BCUT2D eigenvalue weighted by atomic mass is 35.5. The van der Waals surface area contributed by atoms with Crippen molar-refractivity contribution in [3.8, 4) is 0 Å². The third-order valence-corrected chi connectivity index (χ3v) is 4.18. The number of hydrogen-bond acceptors (Lipinski definition) is 2. The van der Waals surface area contributed by atoms with Gasteiger partial charge in [-0.05, 0) is 61.0 Å². The number of aryl methyl sites for hydroxylation is 1. The van der Waals surface area contributed by atoms with Gasteiger partial charge in [0.05, 0.1) is 10.7 Å². The molecule has 4 N–H and O–H groups in total. The fourth-order valence-electron chi connectivity index (χ4n) is 2.54. The number of fused-ring (bicyclic) bond motifs is 1. The second kappa shape index (κ2) is 5.20. The number of anilines is 1. The van der Waals surface area contributed by atoms with Gasteiger partial charge >= 0.3 is 0 Å². The standard InChI is InChI=1S/C15H16ClN3S/c1-8-2-5-10-11(9-3-4-9)7-13(16)14(12(10)6-8)18-15(20)19-17/h2,5-7,9H,3-4,17H2,1H3,(H2,18,19,20). The molecule has 104 valence electrons. The zero-order valence-electron chi connectivity index (χ0n) is 11.2. The molecule has 0 amide bonds. The number of halogens is 1. The lowest BCUT2D eigenvalue weighted by atomic mass is 9.98. The maximum atomic E-state index is 6.44. The molecule has 2 aromatic carbocycles. The molecule has 1 aliphatic rings. The predicted octanol–water partition coefficient (Wildman–Crippen LogP) is 3.84. The van der Waals surface area contributed by atoms with Crippen LogP contribution in [-0.4, -0.2) is 5.11 Å². The van der Waals surface area contributed by atoms with Crippen LogP contribution >= 0.6 is 23.8 Å². The summed E-state index contributed by atoms with van der Waals surface area (Å²) in [6.45, 7) is 2.07. The van der Waals surface area contributed by atoms with Crippen LogP contribution in [-0.2, 0) is 0 Å². The van der Waals surface area contributed by atoms with Gasteiger partial charge in [0.1, 0.15) is 0 Å². The Balaban J connectivity index is 2.22. The first-order valence-corrected chi connectivity index (χ1v) is 7.39. The van der Waals surface area contributed by atoms with E-state index in [0.29, 0.717) is 16.1 Å². The number of thiocarbonyl (C=S) groups is 1. The molecule has 0 aliphatic heterocycles. The number of benzene rings is 2. The highest BCUT2D eigenvalue weighted by molar-refractivity contribution is 7.80. The molecule has 1 fully saturated rings. The summed E-state index contributed by atoms with van der Waals surface area (Å²) in [5.74, 6) is 5.98. The van der Waals surface area contributed by atoms with E-state index >= 15 is 0 Å². The van der Waals surface area contributed by atoms with Crippen molar-refractivity contribution in [2.75, 3.05) is 5.32 Å². The molecule has 0 bridgehead atoms. The van der Waals surface area contributed by atoms with E-state index < -0.39 is 0 Å². The van der Waals surface area contributed by atoms with E-state index in [1.54, 1.807) is 0 Å². The summed E-state index contributed by atoms with van der Waals surface area (Å²) in [6, 6.07) is 8.48. The Kier molecular flexibility index (Phi) is 3.54. The molecule has 0 unspecified atom stereocenters. The normalized spacial score (nSPS) is 14.3. The zero-order chi connectivity index (χ0) is 14.3. The van der Waals surface area contributed by atoms with Crippen LogP contribution in [0.2, 0.25) is 5.02 Å². The molecular weight excluding hydrogens is 290 g/mol. The summed E-state index contributed by atoms with van der Waals surface area (Å²) in [6.07, 6.45) is 2.49. The van der Waals surface area contributed by atoms with Crippen LogP contribution in [0.1, 0.15) is 29.9 Å². The summed E-state index contributed by atoms with van der Waals surface area (Å²) in [5, 5.41) is 6.45. The summed E-state index contributed by atoms with van der Waals surface area (Å²) in [5.41, 5.74) is 5.77. The second-order valence-electron chi connectivity index (χ2n) is 5.24. The lowest BCUT2D eigenvalue weighted by Gasteiger charge is -2.16. The van der Waals surface area contributed by atoms with Crippen molar-refractivity contribution in [3.05, 3.63) is 40.4 Å². The lowest BCUT2D eigenvalue weighted by Crippen LogP contribution is -2.34. The fourth-order valence-corrected chi connectivity index (χ4v) is 2.91. The van der Waals surface area contributed by atoms with Crippen LogP contribution in [0, 0.1) is 6.92 Å². The average Bonchev–Trinajstić information content (AvgIpc) is 3.25. The molecule has 20 heavy (non-hydrogen) atoms. The predicted molar refractivity (Wildman–Crippen MR) is 89.2 cm³/mol. The Morgan fingerprint density at radius 1 is 1.30 bits per heavy atom. The Hall–Kier alpha value is -1.36. The van der Waals surface area contributed by atoms with Crippen LogP contribution in [0.5, 0.6) is 0 Å². The maximum absolute atomic E-state index is 6.44. The first-order chi connectivity index (χ1) is 9.60. The summed E-state index contributed by atoms with van der Waals surface area (Å²) >= 11 is 11.5. The third kappa shape index (κ3) is 2.46. The minimum atomic E-state index is 0.355. The molecule has 2 aromatic rings. The Labute approximate surface area is 128 Å². The molecule has 1 saturated carbocycles. The molecule has 1 aliphatic carbocycles. The van der Waals surface area contributed by atoms with Gasteiger partial charge < -0.3 is 10.7 Å². The van der Waals surface area contributed by atoms with Gasteiger partial charge in [-0.15, -0.1) is 0 Å². The van der Waals surface area contributed by atoms with Crippen molar-refractivity contribution in [2.45, 2.75) is 25.7 Å². The molecule has 0 heterocycles. The van der Waals surface area contributed by atoms with Gasteiger partial charge in [-0.2, -0.15) is 0 Å². The summed E-state index contributed by atoms with van der Waals surface area (Å²) < 4.78 is 0. The topological polar surface area (TPSA) is 50.1 Å². The Morgan fingerprint density at radius 3 is 2.70 bits per heavy atom. The zero-order valence-corrected chi connectivity index (χ0v) is 12.7. The van der Waals surface area contributed by atoms with Crippen molar-refractivity contribution < 1.29 is 0 Å². The van der Waals surface area contributed by atoms with Gasteiger partial charge in [-0.1, -0.05) is 29.3 Å². The van der Waals surface area contributed by atoms with E-state index in [-0.39, 0.29) is 0 Å². The number of hydrogen-bond donors (Lipinski definition) is 3.